The maximum Gasteiger partial charge on any atom is 0.311 e. The average Bonchev–Trinajstić information content (AvgIpc) is 2.61. The van der Waals surface area contributed by atoms with Crippen molar-refractivity contribution in [2.24, 2.45) is 0 Å². The molecule has 0 fully saturated rings. The molecule has 0 aliphatic rings. The summed E-state index contributed by atoms with van der Waals surface area (Å²) < 4.78 is 10.4. The molecule has 0 unspecified atom stereocenters. The molecule has 0 aromatic heterocycles. The number of hydrogen-bond acceptors (Lipinski definition) is 4. The summed E-state index contributed by atoms with van der Waals surface area (Å²) in [5, 5.41) is 0. The Bertz CT molecular complexity index is 675. The number of hydrogen-bond donors (Lipinski definition) is 0. The first-order valence-electron chi connectivity index (χ1n) is 8.55. The zero-order valence-corrected chi connectivity index (χ0v) is 14.7. The Morgan fingerprint density at radius 2 is 1.52 bits per heavy atom. The van der Waals surface area contributed by atoms with Gasteiger partial charge in [-0.25, -0.2) is 0 Å². The minimum absolute atomic E-state index is 0.0100. The van der Waals surface area contributed by atoms with E-state index in [-0.39, 0.29) is 18.8 Å². The summed E-state index contributed by atoms with van der Waals surface area (Å²) >= 11 is 0. The van der Waals surface area contributed by atoms with Crippen molar-refractivity contribution in [2.45, 2.75) is 39.0 Å². The molecule has 4 nitrogen and oxygen atoms in total. The molecule has 132 valence electrons. The molecule has 0 saturated carbocycles. The quantitative estimate of drug-likeness (QED) is 0.531. The van der Waals surface area contributed by atoms with Gasteiger partial charge < -0.3 is 9.47 Å². The molecule has 0 spiro atoms. The van der Waals surface area contributed by atoms with Crippen LogP contribution in [0.5, 0.6) is 5.75 Å². The van der Waals surface area contributed by atoms with Crippen LogP contribution in [0.2, 0.25) is 0 Å². The predicted molar refractivity (Wildman–Crippen MR) is 96.5 cm³/mol. The van der Waals surface area contributed by atoms with Gasteiger partial charge in [0.2, 0.25) is 0 Å². The fourth-order valence-corrected chi connectivity index (χ4v) is 2.31. The SMILES string of the molecule is CC(C)c1ccc(OC(=O)CCC(=O)OCCc2ccccc2)cc1. The van der Waals surface area contributed by atoms with Gasteiger partial charge in [-0.15, -0.1) is 0 Å². The fourth-order valence-electron chi connectivity index (χ4n) is 2.31. The van der Waals surface area contributed by atoms with E-state index in [9.17, 15) is 9.59 Å². The van der Waals surface area contributed by atoms with Crippen molar-refractivity contribution >= 4 is 11.9 Å². The van der Waals surface area contributed by atoms with Gasteiger partial charge in [0.1, 0.15) is 5.75 Å². The van der Waals surface area contributed by atoms with E-state index in [0.29, 0.717) is 24.7 Å². The van der Waals surface area contributed by atoms with Gasteiger partial charge in [-0.3, -0.25) is 9.59 Å². The molecule has 0 heterocycles. The number of rotatable bonds is 8. The third kappa shape index (κ3) is 6.79. The normalized spacial score (nSPS) is 10.5. The first-order chi connectivity index (χ1) is 12.0. The number of carbonyl (C=O) groups excluding carboxylic acids is 2. The van der Waals surface area contributed by atoms with Crippen LogP contribution in [0.4, 0.5) is 0 Å². The van der Waals surface area contributed by atoms with Crippen LogP contribution in [-0.4, -0.2) is 18.5 Å². The molecule has 0 bridgehead atoms. The minimum atomic E-state index is -0.433. The summed E-state index contributed by atoms with van der Waals surface area (Å²) in [6.45, 7) is 4.52. The van der Waals surface area contributed by atoms with Crippen LogP contribution in [0.3, 0.4) is 0 Å². The minimum Gasteiger partial charge on any atom is -0.465 e. The van der Waals surface area contributed by atoms with Gasteiger partial charge in [-0.2, -0.15) is 0 Å². The summed E-state index contributed by atoms with van der Waals surface area (Å²) in [5.74, 6) is 0.0996. The van der Waals surface area contributed by atoms with Crippen molar-refractivity contribution in [3.05, 3.63) is 65.7 Å². The zero-order chi connectivity index (χ0) is 18.1. The molecular formula is C21H24O4. The van der Waals surface area contributed by atoms with Gasteiger partial charge >= 0.3 is 11.9 Å². The van der Waals surface area contributed by atoms with Crippen molar-refractivity contribution in [3.63, 3.8) is 0 Å². The predicted octanol–water partition coefficient (Wildman–Crippen LogP) is 4.28. The zero-order valence-electron chi connectivity index (χ0n) is 14.7. The Morgan fingerprint density at radius 3 is 2.16 bits per heavy atom. The molecule has 2 rings (SSSR count). The molecule has 2 aromatic rings. The topological polar surface area (TPSA) is 52.6 Å². The number of esters is 2. The largest absolute Gasteiger partial charge is 0.465 e. The number of carbonyl (C=O) groups is 2. The molecule has 4 heteroatoms. The molecule has 0 aliphatic heterocycles. The lowest BCUT2D eigenvalue weighted by Crippen LogP contribution is -2.13. The maximum atomic E-state index is 11.8. The van der Waals surface area contributed by atoms with Crippen molar-refractivity contribution in [1.82, 2.24) is 0 Å². The Hall–Kier alpha value is -2.62. The highest BCUT2D eigenvalue weighted by atomic mass is 16.5. The molecule has 0 N–H and O–H groups in total. The van der Waals surface area contributed by atoms with Crippen molar-refractivity contribution in [1.29, 1.82) is 0 Å². The second kappa shape index (κ2) is 9.62. The second-order valence-electron chi connectivity index (χ2n) is 6.15. The molecule has 0 aliphatic carbocycles. The maximum absolute atomic E-state index is 11.8. The van der Waals surface area contributed by atoms with Gasteiger partial charge in [0.05, 0.1) is 19.4 Å². The van der Waals surface area contributed by atoms with E-state index in [1.54, 1.807) is 12.1 Å². The Labute approximate surface area is 148 Å². The van der Waals surface area contributed by atoms with Crippen LogP contribution in [0.1, 0.15) is 43.7 Å². The standard InChI is InChI=1S/C21H24O4/c1-16(2)18-8-10-19(11-9-18)25-21(23)13-12-20(22)24-15-14-17-6-4-3-5-7-17/h3-11,16H,12-15H2,1-2H3. The van der Waals surface area contributed by atoms with Crippen LogP contribution in [-0.2, 0) is 20.7 Å². The lowest BCUT2D eigenvalue weighted by molar-refractivity contribution is -0.146. The van der Waals surface area contributed by atoms with Crippen LogP contribution >= 0.6 is 0 Å². The average molecular weight is 340 g/mol. The fraction of sp³-hybridized carbons (Fsp3) is 0.333. The third-order valence-electron chi connectivity index (χ3n) is 3.81. The van der Waals surface area contributed by atoms with E-state index in [1.807, 2.05) is 42.5 Å². The van der Waals surface area contributed by atoms with E-state index < -0.39 is 5.97 Å². The monoisotopic (exact) mass is 340 g/mol. The van der Waals surface area contributed by atoms with Gasteiger partial charge in [0.15, 0.2) is 0 Å². The van der Waals surface area contributed by atoms with E-state index >= 15 is 0 Å². The number of benzene rings is 2. The van der Waals surface area contributed by atoms with E-state index in [1.165, 1.54) is 5.56 Å². The van der Waals surface area contributed by atoms with E-state index in [2.05, 4.69) is 13.8 Å². The van der Waals surface area contributed by atoms with Crippen LogP contribution in [0.25, 0.3) is 0 Å². The van der Waals surface area contributed by atoms with Crippen molar-refractivity contribution in [3.8, 4) is 5.75 Å². The molecule has 0 radical (unpaired) electrons. The summed E-state index contributed by atoms with van der Waals surface area (Å²) in [5.41, 5.74) is 2.29. The molecule has 0 amide bonds. The second-order valence-corrected chi connectivity index (χ2v) is 6.15. The van der Waals surface area contributed by atoms with Gasteiger partial charge in [0, 0.05) is 6.42 Å². The molecule has 2 aromatic carbocycles. The highest BCUT2D eigenvalue weighted by Gasteiger charge is 2.10. The molecule has 0 saturated heterocycles. The molecule has 25 heavy (non-hydrogen) atoms. The highest BCUT2D eigenvalue weighted by Crippen LogP contribution is 2.19. The van der Waals surface area contributed by atoms with Gasteiger partial charge in [-0.05, 0) is 29.2 Å². The Morgan fingerprint density at radius 1 is 0.880 bits per heavy atom. The lowest BCUT2D eigenvalue weighted by Gasteiger charge is -2.08. The third-order valence-corrected chi connectivity index (χ3v) is 3.81. The van der Waals surface area contributed by atoms with Crippen LogP contribution in [0, 0.1) is 0 Å². The van der Waals surface area contributed by atoms with Gasteiger partial charge in [-0.1, -0.05) is 56.3 Å². The van der Waals surface area contributed by atoms with E-state index in [0.717, 1.165) is 5.56 Å². The summed E-state index contributed by atoms with van der Waals surface area (Å²) in [6.07, 6.45) is 0.701. The Balaban J connectivity index is 1.66. The highest BCUT2D eigenvalue weighted by molar-refractivity contribution is 5.79. The van der Waals surface area contributed by atoms with Crippen LogP contribution < -0.4 is 4.74 Å². The summed E-state index contributed by atoms with van der Waals surface area (Å²) in [7, 11) is 0. The van der Waals surface area contributed by atoms with Crippen molar-refractivity contribution in [2.75, 3.05) is 6.61 Å². The lowest BCUT2D eigenvalue weighted by atomic mass is 10.0. The van der Waals surface area contributed by atoms with Crippen LogP contribution in [0.15, 0.2) is 54.6 Å². The molecular weight excluding hydrogens is 316 g/mol. The van der Waals surface area contributed by atoms with Crippen molar-refractivity contribution < 1.29 is 19.1 Å². The first-order valence-corrected chi connectivity index (χ1v) is 8.55. The Kier molecular flexibility index (Phi) is 7.20. The number of ether oxygens (including phenoxy) is 2. The summed E-state index contributed by atoms with van der Waals surface area (Å²) in [6, 6.07) is 17.2. The first kappa shape index (κ1) is 18.7. The molecule has 0 atom stereocenters. The smallest absolute Gasteiger partial charge is 0.311 e. The van der Waals surface area contributed by atoms with E-state index in [4.69, 9.17) is 9.47 Å². The van der Waals surface area contributed by atoms with Gasteiger partial charge in [0.25, 0.3) is 0 Å². The summed E-state index contributed by atoms with van der Waals surface area (Å²) in [4.78, 5) is 23.5.